The molecule has 3 rings (SSSR count). The Morgan fingerprint density at radius 3 is 2.85 bits per heavy atom. The molecule has 0 aliphatic carbocycles. The van der Waals surface area contributed by atoms with Gasteiger partial charge in [0.05, 0.1) is 12.7 Å². The first-order valence-electron chi connectivity index (χ1n) is 7.59. The number of nitrogens with two attached hydrogens (primary N) is 1. The van der Waals surface area contributed by atoms with E-state index in [1.165, 1.54) is 6.26 Å². The van der Waals surface area contributed by atoms with E-state index in [1.54, 1.807) is 12.1 Å². The molecule has 144 valence electrons. The van der Waals surface area contributed by atoms with Crippen LogP contribution in [0.2, 0.25) is 0 Å². The van der Waals surface area contributed by atoms with E-state index in [0.29, 0.717) is 5.76 Å². The van der Waals surface area contributed by atoms with Gasteiger partial charge in [-0.2, -0.15) is 0 Å². The van der Waals surface area contributed by atoms with Crippen molar-refractivity contribution in [1.82, 2.24) is 10.2 Å². The highest BCUT2D eigenvalue weighted by Gasteiger charge is 2.65. The number of carbonyl (C=O) groups excluding carboxylic acids is 3. The number of primary amides is 1. The summed E-state index contributed by atoms with van der Waals surface area (Å²) >= 11 is 7.45. The predicted octanol–water partition coefficient (Wildman–Crippen LogP) is 0.223. The van der Waals surface area contributed by atoms with E-state index < -0.39 is 34.2 Å². The zero-order valence-electron chi connectivity index (χ0n) is 13.6. The molecule has 2 aliphatic rings. The molecule has 3 amide bonds. The molecule has 4 N–H and O–H groups in total. The van der Waals surface area contributed by atoms with Crippen molar-refractivity contribution in [3.05, 3.63) is 35.4 Å². The van der Waals surface area contributed by atoms with Gasteiger partial charge in [0.25, 0.3) is 5.91 Å². The van der Waals surface area contributed by atoms with E-state index >= 15 is 0 Å². The molecule has 0 bridgehead atoms. The van der Waals surface area contributed by atoms with Crippen molar-refractivity contribution in [3.63, 3.8) is 0 Å². The van der Waals surface area contributed by atoms with Gasteiger partial charge in [-0.15, -0.1) is 11.8 Å². The van der Waals surface area contributed by atoms with E-state index in [9.17, 15) is 24.3 Å². The summed E-state index contributed by atoms with van der Waals surface area (Å²) in [7, 11) is 0. The molecule has 10 nitrogen and oxygen atoms in total. The summed E-state index contributed by atoms with van der Waals surface area (Å²) in [6.07, 6.45) is 0.225. The van der Waals surface area contributed by atoms with Crippen LogP contribution in [-0.4, -0.2) is 56.6 Å². The van der Waals surface area contributed by atoms with Crippen molar-refractivity contribution in [2.45, 2.75) is 16.8 Å². The summed E-state index contributed by atoms with van der Waals surface area (Å²) in [6, 6.07) is 3.22. The summed E-state index contributed by atoms with van der Waals surface area (Å²) in [6.45, 7) is -0.361. The number of carbonyl (C=O) groups is 4. The van der Waals surface area contributed by atoms with Crippen LogP contribution in [-0.2, 0) is 25.5 Å². The van der Waals surface area contributed by atoms with Crippen molar-refractivity contribution in [2.24, 2.45) is 5.73 Å². The first-order valence-corrected chi connectivity index (χ1v) is 9.02. The Hall–Kier alpha value is -2.66. The summed E-state index contributed by atoms with van der Waals surface area (Å²) in [5.74, 6) is -2.19. The molecule has 1 aromatic rings. The van der Waals surface area contributed by atoms with Gasteiger partial charge in [0.15, 0.2) is 0 Å². The number of hydrogen-bond donors (Lipinski definition) is 3. The fraction of sp³-hybridized carbons (Fsp3) is 0.333. The number of amides is 3. The SMILES string of the molecule is NC(=O)OCC1=C(C(=O)O)N2C(=O)C(Cl)(NC(=O)Cc3ccco3)[C@H]2SC1. The number of carboxylic acid groups (broad SMARTS) is 1. The van der Waals surface area contributed by atoms with Gasteiger partial charge < -0.3 is 25.3 Å². The minimum atomic E-state index is -1.77. The Bertz CT molecular complexity index is 840. The molecular weight excluding hydrogens is 402 g/mol. The number of halogens is 1. The highest BCUT2D eigenvalue weighted by Crippen LogP contribution is 2.48. The second kappa shape index (κ2) is 7.16. The average molecular weight is 416 g/mol. The molecule has 3 heterocycles. The standard InChI is InChI=1S/C15H14ClN3O7S/c16-15(18-9(20)4-8-2-1-3-25-8)12(23)19-10(11(21)22)7(5-26-14(17)24)6-27-13(15)19/h1-3,13H,4-6H2,(H2,17,24)(H,18,20)(H,21,22)/t13-,15?/m1/s1. The monoisotopic (exact) mass is 415 g/mol. The van der Waals surface area contributed by atoms with Crippen LogP contribution >= 0.6 is 23.4 Å². The number of hydrogen-bond acceptors (Lipinski definition) is 7. The van der Waals surface area contributed by atoms with E-state index in [4.69, 9.17) is 21.8 Å². The zero-order valence-corrected chi connectivity index (χ0v) is 15.2. The predicted molar refractivity (Wildman–Crippen MR) is 92.4 cm³/mol. The molecule has 1 fully saturated rings. The summed E-state index contributed by atoms with van der Waals surface area (Å²) in [4.78, 5) is 46.3. The van der Waals surface area contributed by atoms with Crippen LogP contribution in [0.4, 0.5) is 4.79 Å². The first-order chi connectivity index (χ1) is 12.7. The third kappa shape index (κ3) is 3.47. The van der Waals surface area contributed by atoms with E-state index in [0.717, 1.165) is 16.7 Å². The maximum Gasteiger partial charge on any atom is 0.404 e. The lowest BCUT2D eigenvalue weighted by atomic mass is 10.0. The number of nitrogens with one attached hydrogen (secondary N) is 1. The van der Waals surface area contributed by atoms with Gasteiger partial charge in [0, 0.05) is 11.3 Å². The molecular formula is C15H14ClN3O7S. The number of carboxylic acids is 1. The van der Waals surface area contributed by atoms with E-state index in [1.807, 2.05) is 0 Å². The molecule has 2 aliphatic heterocycles. The van der Waals surface area contributed by atoms with Crippen LogP contribution in [0.3, 0.4) is 0 Å². The van der Waals surface area contributed by atoms with Gasteiger partial charge in [-0.05, 0) is 12.1 Å². The quantitative estimate of drug-likeness (QED) is 0.339. The van der Waals surface area contributed by atoms with Gasteiger partial charge in [-0.3, -0.25) is 14.5 Å². The number of rotatable bonds is 6. The van der Waals surface area contributed by atoms with Crippen LogP contribution in [0.5, 0.6) is 0 Å². The van der Waals surface area contributed by atoms with Gasteiger partial charge in [0.2, 0.25) is 10.9 Å². The van der Waals surface area contributed by atoms with Crippen molar-refractivity contribution in [3.8, 4) is 0 Å². The second-order valence-electron chi connectivity index (χ2n) is 5.72. The highest BCUT2D eigenvalue weighted by molar-refractivity contribution is 8.00. The van der Waals surface area contributed by atoms with Crippen molar-refractivity contribution >= 4 is 47.2 Å². The molecule has 27 heavy (non-hydrogen) atoms. The minimum absolute atomic E-state index is 0.120. The van der Waals surface area contributed by atoms with E-state index in [2.05, 4.69) is 10.1 Å². The van der Waals surface area contributed by atoms with Crippen LogP contribution in [0.15, 0.2) is 34.1 Å². The molecule has 1 aromatic heterocycles. The third-order valence-electron chi connectivity index (χ3n) is 3.92. The van der Waals surface area contributed by atoms with Crippen LogP contribution in [0.25, 0.3) is 0 Å². The Kier molecular flexibility index (Phi) is 5.07. The summed E-state index contributed by atoms with van der Waals surface area (Å²) in [5.41, 5.74) is 4.77. The number of aliphatic carboxylic acids is 1. The summed E-state index contributed by atoms with van der Waals surface area (Å²) in [5, 5.41) is 11.1. The Balaban J connectivity index is 1.76. The fourth-order valence-electron chi connectivity index (χ4n) is 2.78. The number of β-lactam (4-membered cyclic amide) rings is 1. The molecule has 2 atom stereocenters. The van der Waals surface area contributed by atoms with Crippen molar-refractivity contribution < 1.29 is 33.4 Å². The average Bonchev–Trinajstić information content (AvgIpc) is 3.11. The Morgan fingerprint density at radius 2 is 2.26 bits per heavy atom. The topological polar surface area (TPSA) is 152 Å². The van der Waals surface area contributed by atoms with Gasteiger partial charge in [-0.25, -0.2) is 9.59 Å². The molecule has 0 saturated carbocycles. The second-order valence-corrected chi connectivity index (χ2v) is 7.38. The number of thioether (sulfide) groups is 1. The smallest absolute Gasteiger partial charge is 0.404 e. The lowest BCUT2D eigenvalue weighted by molar-refractivity contribution is -0.153. The summed E-state index contributed by atoms with van der Waals surface area (Å²) < 4.78 is 9.70. The van der Waals surface area contributed by atoms with Crippen molar-refractivity contribution in [1.29, 1.82) is 0 Å². The maximum absolute atomic E-state index is 12.6. The van der Waals surface area contributed by atoms with Crippen molar-refractivity contribution in [2.75, 3.05) is 12.4 Å². The molecule has 0 spiro atoms. The third-order valence-corrected chi connectivity index (χ3v) is 5.91. The first kappa shape index (κ1) is 19.1. The van der Waals surface area contributed by atoms with E-state index in [-0.39, 0.29) is 30.1 Å². The van der Waals surface area contributed by atoms with Gasteiger partial charge >= 0.3 is 12.1 Å². The van der Waals surface area contributed by atoms with Gasteiger partial charge in [0.1, 0.15) is 23.4 Å². The Morgan fingerprint density at radius 1 is 1.52 bits per heavy atom. The number of fused-ring (bicyclic) bond motifs is 1. The number of nitrogens with zero attached hydrogens (tertiary/aromatic N) is 1. The highest BCUT2D eigenvalue weighted by atomic mass is 35.5. The minimum Gasteiger partial charge on any atom is -0.477 e. The Labute approximate surface area is 161 Å². The number of alkyl halides is 1. The van der Waals surface area contributed by atoms with Crippen LogP contribution in [0, 0.1) is 0 Å². The maximum atomic E-state index is 12.6. The van der Waals surface area contributed by atoms with Gasteiger partial charge in [-0.1, -0.05) is 11.6 Å². The number of ether oxygens (including phenoxy) is 1. The molecule has 0 radical (unpaired) electrons. The molecule has 1 unspecified atom stereocenters. The zero-order chi connectivity index (χ0) is 19.8. The van der Waals surface area contributed by atoms with Crippen LogP contribution in [0.1, 0.15) is 5.76 Å². The largest absolute Gasteiger partial charge is 0.477 e. The number of furan rings is 1. The molecule has 0 aromatic carbocycles. The lowest BCUT2D eigenvalue weighted by Gasteiger charge is -2.54. The normalized spacial score (nSPS) is 24.1. The fourth-order valence-corrected chi connectivity index (χ4v) is 4.58. The molecule has 12 heteroatoms. The molecule has 1 saturated heterocycles. The van der Waals surface area contributed by atoms with Crippen LogP contribution < -0.4 is 11.1 Å². The lowest BCUT2D eigenvalue weighted by Crippen LogP contribution is -2.77.